The molecule has 0 unspecified atom stereocenters. The first-order valence-corrected chi connectivity index (χ1v) is 4.99. The Labute approximate surface area is 84.6 Å². The number of nitrogens with one attached hydrogen (secondary N) is 2. The highest BCUT2D eigenvalue weighted by molar-refractivity contribution is 5.13. The Morgan fingerprint density at radius 1 is 1.43 bits per heavy atom. The topological polar surface area (TPSA) is 44.9 Å². The van der Waals surface area contributed by atoms with Crippen LogP contribution < -0.4 is 10.9 Å². The number of aromatic nitrogens is 1. The zero-order chi connectivity index (χ0) is 10.6. The molecule has 0 aromatic carbocycles. The maximum atomic E-state index is 11.4. The fraction of sp³-hybridized carbons (Fsp3) is 0.545. The molecule has 0 atom stereocenters. The molecule has 3 nitrogen and oxygen atoms in total. The van der Waals surface area contributed by atoms with Crippen LogP contribution in [0.2, 0.25) is 0 Å². The number of pyridine rings is 1. The van der Waals surface area contributed by atoms with Crippen LogP contribution in [0.1, 0.15) is 25.1 Å². The minimum absolute atomic E-state index is 0.0151. The van der Waals surface area contributed by atoms with Gasteiger partial charge < -0.3 is 10.3 Å². The van der Waals surface area contributed by atoms with Gasteiger partial charge in [0.25, 0.3) is 5.56 Å². The average Bonchev–Trinajstić information content (AvgIpc) is 2.08. The molecule has 0 bridgehead atoms. The van der Waals surface area contributed by atoms with Crippen molar-refractivity contribution in [3.05, 3.63) is 33.7 Å². The molecule has 3 heteroatoms. The Balaban J connectivity index is 2.55. The average molecular weight is 194 g/mol. The Kier molecular flexibility index (Phi) is 3.89. The fourth-order valence-corrected chi connectivity index (χ4v) is 1.24. The fourth-order valence-electron chi connectivity index (χ4n) is 1.24. The van der Waals surface area contributed by atoms with E-state index in [1.165, 1.54) is 0 Å². The Hall–Kier alpha value is -1.09. The first-order chi connectivity index (χ1) is 6.59. The quantitative estimate of drug-likeness (QED) is 0.761. The predicted molar refractivity (Wildman–Crippen MR) is 58.3 cm³/mol. The highest BCUT2D eigenvalue weighted by Crippen LogP contribution is 1.94. The number of aryl methyl sites for hydroxylation is 1. The minimum Gasteiger partial charge on any atom is -0.326 e. The van der Waals surface area contributed by atoms with Crippen molar-refractivity contribution in [1.29, 1.82) is 0 Å². The lowest BCUT2D eigenvalue weighted by atomic mass is 10.2. The van der Waals surface area contributed by atoms with E-state index in [2.05, 4.69) is 24.1 Å². The van der Waals surface area contributed by atoms with Gasteiger partial charge in [-0.15, -0.1) is 0 Å². The largest absolute Gasteiger partial charge is 0.326 e. The van der Waals surface area contributed by atoms with Crippen LogP contribution in [0.4, 0.5) is 0 Å². The molecule has 0 saturated heterocycles. The van der Waals surface area contributed by atoms with E-state index in [0.717, 1.165) is 17.8 Å². The second kappa shape index (κ2) is 4.96. The van der Waals surface area contributed by atoms with Gasteiger partial charge in [-0.05, 0) is 25.5 Å². The molecule has 1 aromatic rings. The van der Waals surface area contributed by atoms with E-state index in [1.807, 2.05) is 19.1 Å². The van der Waals surface area contributed by atoms with Crippen LogP contribution in [0.25, 0.3) is 0 Å². The van der Waals surface area contributed by atoms with Crippen LogP contribution in [-0.4, -0.2) is 11.5 Å². The molecule has 1 rings (SSSR count). The van der Waals surface area contributed by atoms with Gasteiger partial charge in [-0.2, -0.15) is 0 Å². The molecule has 1 heterocycles. The van der Waals surface area contributed by atoms with E-state index in [4.69, 9.17) is 0 Å². The van der Waals surface area contributed by atoms with E-state index in [-0.39, 0.29) is 5.56 Å². The number of rotatable bonds is 4. The summed E-state index contributed by atoms with van der Waals surface area (Å²) in [6.07, 6.45) is 0. The van der Waals surface area contributed by atoms with Crippen molar-refractivity contribution in [2.24, 2.45) is 5.92 Å². The first-order valence-electron chi connectivity index (χ1n) is 4.99. The molecule has 0 fully saturated rings. The molecule has 0 spiro atoms. The lowest BCUT2D eigenvalue weighted by molar-refractivity contribution is 0.550. The third-order valence-corrected chi connectivity index (χ3v) is 2.00. The van der Waals surface area contributed by atoms with Crippen LogP contribution in [0.5, 0.6) is 0 Å². The molecule has 1 aromatic heterocycles. The van der Waals surface area contributed by atoms with Crippen LogP contribution in [-0.2, 0) is 6.54 Å². The molecule has 0 saturated carbocycles. The molecule has 0 radical (unpaired) electrons. The van der Waals surface area contributed by atoms with Crippen LogP contribution in [0.3, 0.4) is 0 Å². The molecule has 0 aliphatic rings. The standard InChI is InChI=1S/C11H18N2O/c1-8(2)6-12-7-10-5-4-9(3)13-11(10)14/h4-5,8,12H,6-7H2,1-3H3,(H,13,14). The van der Waals surface area contributed by atoms with Gasteiger partial charge in [-0.25, -0.2) is 0 Å². The lowest BCUT2D eigenvalue weighted by Crippen LogP contribution is -2.24. The van der Waals surface area contributed by atoms with Gasteiger partial charge in [0, 0.05) is 17.8 Å². The van der Waals surface area contributed by atoms with Crippen LogP contribution >= 0.6 is 0 Å². The van der Waals surface area contributed by atoms with E-state index >= 15 is 0 Å². The molecule has 0 amide bonds. The van der Waals surface area contributed by atoms with Crippen molar-refractivity contribution in [2.75, 3.05) is 6.54 Å². The molecule has 0 aliphatic carbocycles. The van der Waals surface area contributed by atoms with Crippen molar-refractivity contribution in [3.63, 3.8) is 0 Å². The van der Waals surface area contributed by atoms with Gasteiger partial charge in [0.05, 0.1) is 0 Å². The van der Waals surface area contributed by atoms with Gasteiger partial charge in [0.2, 0.25) is 0 Å². The molecule has 0 aliphatic heterocycles. The summed E-state index contributed by atoms with van der Waals surface area (Å²) in [7, 11) is 0. The molecule has 2 N–H and O–H groups in total. The maximum Gasteiger partial charge on any atom is 0.252 e. The van der Waals surface area contributed by atoms with Gasteiger partial charge in [0.15, 0.2) is 0 Å². The molecular formula is C11H18N2O. The summed E-state index contributed by atoms with van der Waals surface area (Å²) in [4.78, 5) is 14.2. The molecule has 78 valence electrons. The van der Waals surface area contributed by atoms with Crippen LogP contribution in [0, 0.1) is 12.8 Å². The van der Waals surface area contributed by atoms with Crippen molar-refractivity contribution in [3.8, 4) is 0 Å². The second-order valence-electron chi connectivity index (χ2n) is 4.02. The number of aromatic amines is 1. The van der Waals surface area contributed by atoms with E-state index in [9.17, 15) is 4.79 Å². The predicted octanol–water partition coefficient (Wildman–Crippen LogP) is 1.43. The normalized spacial score (nSPS) is 10.9. The van der Waals surface area contributed by atoms with Gasteiger partial charge in [0.1, 0.15) is 0 Å². The monoisotopic (exact) mass is 194 g/mol. The van der Waals surface area contributed by atoms with Crippen molar-refractivity contribution in [2.45, 2.75) is 27.3 Å². The minimum atomic E-state index is 0.0151. The summed E-state index contributed by atoms with van der Waals surface area (Å²) in [5.74, 6) is 0.611. The summed E-state index contributed by atoms with van der Waals surface area (Å²) in [5.41, 5.74) is 1.72. The number of hydrogen-bond acceptors (Lipinski definition) is 2. The maximum absolute atomic E-state index is 11.4. The summed E-state index contributed by atoms with van der Waals surface area (Å²) < 4.78 is 0. The van der Waals surface area contributed by atoms with Crippen LogP contribution in [0.15, 0.2) is 16.9 Å². The zero-order valence-electron chi connectivity index (χ0n) is 9.05. The van der Waals surface area contributed by atoms with E-state index in [1.54, 1.807) is 0 Å². The van der Waals surface area contributed by atoms with Crippen molar-refractivity contribution in [1.82, 2.24) is 10.3 Å². The van der Waals surface area contributed by atoms with Crippen molar-refractivity contribution < 1.29 is 0 Å². The molecular weight excluding hydrogens is 176 g/mol. The van der Waals surface area contributed by atoms with Crippen molar-refractivity contribution >= 4 is 0 Å². The SMILES string of the molecule is Cc1ccc(CNCC(C)C)c(=O)[nH]1. The van der Waals surface area contributed by atoms with E-state index < -0.39 is 0 Å². The van der Waals surface area contributed by atoms with Gasteiger partial charge >= 0.3 is 0 Å². The first kappa shape index (κ1) is 11.0. The Morgan fingerprint density at radius 2 is 2.14 bits per heavy atom. The van der Waals surface area contributed by atoms with Gasteiger partial charge in [-0.1, -0.05) is 19.9 Å². The zero-order valence-corrected chi connectivity index (χ0v) is 9.05. The third kappa shape index (κ3) is 3.34. The summed E-state index contributed by atoms with van der Waals surface area (Å²) in [6.45, 7) is 7.76. The van der Waals surface area contributed by atoms with E-state index in [0.29, 0.717) is 12.5 Å². The third-order valence-electron chi connectivity index (χ3n) is 2.00. The summed E-state index contributed by atoms with van der Waals surface area (Å²) in [6, 6.07) is 3.80. The number of hydrogen-bond donors (Lipinski definition) is 2. The smallest absolute Gasteiger partial charge is 0.252 e. The Bertz CT molecular complexity index is 341. The van der Waals surface area contributed by atoms with Gasteiger partial charge in [-0.3, -0.25) is 4.79 Å². The highest BCUT2D eigenvalue weighted by atomic mass is 16.1. The highest BCUT2D eigenvalue weighted by Gasteiger charge is 1.99. The lowest BCUT2D eigenvalue weighted by Gasteiger charge is -2.06. The summed E-state index contributed by atoms with van der Waals surface area (Å²) >= 11 is 0. The molecule has 14 heavy (non-hydrogen) atoms. The Morgan fingerprint density at radius 3 is 2.71 bits per heavy atom. The summed E-state index contributed by atoms with van der Waals surface area (Å²) in [5, 5.41) is 3.24. The number of H-pyrrole nitrogens is 1. The second-order valence-corrected chi connectivity index (χ2v) is 4.02.